The highest BCUT2D eigenvalue weighted by Crippen LogP contribution is 2.39. The van der Waals surface area contributed by atoms with Gasteiger partial charge >= 0.3 is 0 Å². The Morgan fingerprint density at radius 1 is 1.32 bits per heavy atom. The maximum atomic E-state index is 12.5. The summed E-state index contributed by atoms with van der Waals surface area (Å²) in [6.45, 7) is 0. The number of hydrogen-bond acceptors (Lipinski definition) is 5. The van der Waals surface area contributed by atoms with Crippen molar-refractivity contribution in [1.29, 1.82) is 0 Å². The summed E-state index contributed by atoms with van der Waals surface area (Å²) in [5.41, 5.74) is 1.05. The molecule has 1 saturated carbocycles. The van der Waals surface area contributed by atoms with Crippen molar-refractivity contribution < 1.29 is 9.32 Å². The van der Waals surface area contributed by atoms with Crippen LogP contribution in [0.1, 0.15) is 30.2 Å². The molecule has 2 aromatic rings. The molecule has 1 aromatic carbocycles. The lowest BCUT2D eigenvalue weighted by molar-refractivity contribution is -0.118. The Bertz CT molecular complexity index is 754. The molecule has 1 aromatic heterocycles. The van der Waals surface area contributed by atoms with Crippen LogP contribution in [0.5, 0.6) is 0 Å². The lowest BCUT2D eigenvalue weighted by Crippen LogP contribution is -2.32. The fourth-order valence-corrected chi connectivity index (χ4v) is 2.86. The van der Waals surface area contributed by atoms with Gasteiger partial charge in [0.25, 0.3) is 11.9 Å². The van der Waals surface area contributed by atoms with Gasteiger partial charge in [0.05, 0.1) is 0 Å². The molecule has 1 unspecified atom stereocenters. The van der Waals surface area contributed by atoms with Gasteiger partial charge in [-0.15, -0.1) is 0 Å². The van der Waals surface area contributed by atoms with E-state index in [0.717, 1.165) is 22.9 Å². The molecule has 2 heterocycles. The minimum absolute atomic E-state index is 0.126. The average Bonchev–Trinajstić information content (AvgIpc) is 3.15. The monoisotopic (exact) mass is 360 g/mol. The van der Waals surface area contributed by atoms with Gasteiger partial charge in [-0.25, -0.2) is 4.90 Å². The molecular weight excluding hydrogens is 348 g/mol. The van der Waals surface area contributed by atoms with Gasteiger partial charge in [0.1, 0.15) is 12.4 Å². The van der Waals surface area contributed by atoms with E-state index in [-0.39, 0.29) is 11.9 Å². The quantitative estimate of drug-likeness (QED) is 0.840. The fourth-order valence-electron chi connectivity index (χ4n) is 2.41. The Morgan fingerprint density at radius 3 is 2.91 bits per heavy atom. The van der Waals surface area contributed by atoms with Crippen molar-refractivity contribution in [2.75, 3.05) is 4.90 Å². The lowest BCUT2D eigenvalue weighted by atomic mass is 10.1. The van der Waals surface area contributed by atoms with Gasteiger partial charge in [-0.2, -0.15) is 4.98 Å². The smallest absolute Gasteiger partial charge is 0.278 e. The first kappa shape index (κ1) is 13.6. The number of hydrogen-bond donors (Lipinski definition) is 0. The van der Waals surface area contributed by atoms with Crippen LogP contribution in [0.25, 0.3) is 0 Å². The van der Waals surface area contributed by atoms with E-state index in [4.69, 9.17) is 4.52 Å². The van der Waals surface area contributed by atoms with E-state index in [1.54, 1.807) is 0 Å². The third kappa shape index (κ3) is 2.45. The van der Waals surface area contributed by atoms with Crippen LogP contribution in [-0.2, 0) is 11.2 Å². The van der Waals surface area contributed by atoms with Crippen LogP contribution in [0.15, 0.2) is 38.3 Å². The molecule has 1 aliphatic heterocycles. The van der Waals surface area contributed by atoms with Crippen molar-refractivity contribution in [3.8, 4) is 0 Å². The molecule has 1 fully saturated rings. The van der Waals surface area contributed by atoms with Crippen molar-refractivity contribution in [1.82, 2.24) is 10.1 Å². The molecule has 112 valence electrons. The van der Waals surface area contributed by atoms with Crippen LogP contribution >= 0.6 is 15.9 Å². The van der Waals surface area contributed by atoms with Gasteiger partial charge < -0.3 is 4.52 Å². The van der Waals surface area contributed by atoms with Gasteiger partial charge in [-0.1, -0.05) is 34.1 Å². The molecule has 4 rings (SSSR count). The SMILES string of the molecule is O=C1C(Cc2ccccc2Br)N=CN1c1noc(C2CC2)n1. The zero-order valence-corrected chi connectivity index (χ0v) is 13.2. The molecule has 0 spiro atoms. The first-order valence-corrected chi connectivity index (χ1v) is 7.95. The largest absolute Gasteiger partial charge is 0.337 e. The van der Waals surface area contributed by atoms with Crippen molar-refractivity contribution in [2.45, 2.75) is 31.2 Å². The Balaban J connectivity index is 1.50. The second-order valence-corrected chi connectivity index (χ2v) is 6.35. The van der Waals surface area contributed by atoms with Crippen LogP contribution in [-0.4, -0.2) is 28.4 Å². The Hall–Kier alpha value is -2.02. The number of nitrogens with zero attached hydrogens (tertiary/aromatic N) is 4. The first-order valence-electron chi connectivity index (χ1n) is 7.16. The molecule has 1 atom stereocenters. The molecule has 22 heavy (non-hydrogen) atoms. The van der Waals surface area contributed by atoms with Crippen molar-refractivity contribution in [3.63, 3.8) is 0 Å². The number of rotatable bonds is 4. The van der Waals surface area contributed by atoms with Gasteiger partial charge in [0, 0.05) is 16.8 Å². The average molecular weight is 361 g/mol. The topological polar surface area (TPSA) is 71.6 Å². The van der Waals surface area contributed by atoms with E-state index < -0.39 is 6.04 Å². The summed E-state index contributed by atoms with van der Waals surface area (Å²) in [4.78, 5) is 22.4. The third-order valence-electron chi connectivity index (χ3n) is 3.83. The van der Waals surface area contributed by atoms with Crippen LogP contribution in [0.4, 0.5) is 5.95 Å². The third-order valence-corrected chi connectivity index (χ3v) is 4.60. The molecule has 0 radical (unpaired) electrons. The standard InChI is InChI=1S/C15H13BrN4O2/c16-11-4-2-1-3-10(11)7-12-14(21)20(8-17-12)15-18-13(22-19-15)9-5-6-9/h1-4,8-9,12H,5-7H2. The number of aromatic nitrogens is 2. The predicted molar refractivity (Wildman–Crippen MR) is 83.9 cm³/mol. The van der Waals surface area contributed by atoms with E-state index >= 15 is 0 Å². The molecule has 7 heteroatoms. The summed E-state index contributed by atoms with van der Waals surface area (Å²) in [5, 5.41) is 3.89. The second-order valence-electron chi connectivity index (χ2n) is 5.49. The van der Waals surface area contributed by atoms with E-state index in [9.17, 15) is 4.79 Å². The molecule has 1 amide bonds. The molecule has 0 bridgehead atoms. The van der Waals surface area contributed by atoms with Crippen LogP contribution in [0.2, 0.25) is 0 Å². The summed E-state index contributed by atoms with van der Waals surface area (Å²) in [6.07, 6.45) is 4.19. The predicted octanol–water partition coefficient (Wildman–Crippen LogP) is 2.70. The number of carbonyl (C=O) groups excluding carboxylic acids is 1. The van der Waals surface area contributed by atoms with Gasteiger partial charge in [0.2, 0.25) is 5.89 Å². The highest BCUT2D eigenvalue weighted by atomic mass is 79.9. The van der Waals surface area contributed by atoms with Crippen LogP contribution in [0, 0.1) is 0 Å². The lowest BCUT2D eigenvalue weighted by Gasteiger charge is -2.11. The van der Waals surface area contributed by atoms with Crippen molar-refractivity contribution in [2.24, 2.45) is 4.99 Å². The van der Waals surface area contributed by atoms with Crippen molar-refractivity contribution in [3.05, 3.63) is 40.2 Å². The molecular formula is C15H13BrN4O2. The van der Waals surface area contributed by atoms with Gasteiger partial charge in [-0.3, -0.25) is 9.79 Å². The highest BCUT2D eigenvalue weighted by Gasteiger charge is 2.35. The molecule has 6 nitrogen and oxygen atoms in total. The number of carbonyl (C=O) groups is 1. The number of anilines is 1. The second kappa shape index (κ2) is 5.31. The Kier molecular flexibility index (Phi) is 3.29. The zero-order chi connectivity index (χ0) is 15.1. The van der Waals surface area contributed by atoms with Crippen LogP contribution < -0.4 is 4.90 Å². The fraction of sp³-hybridized carbons (Fsp3) is 0.333. The summed E-state index contributed by atoms with van der Waals surface area (Å²) >= 11 is 3.49. The first-order chi connectivity index (χ1) is 10.7. The number of benzene rings is 1. The summed E-state index contributed by atoms with van der Waals surface area (Å²) in [5.74, 6) is 1.14. The number of aliphatic imine (C=N–C) groups is 1. The Labute approximate surface area is 135 Å². The molecule has 2 aliphatic rings. The van der Waals surface area contributed by atoms with Gasteiger partial charge in [0.15, 0.2) is 0 Å². The van der Waals surface area contributed by atoms with Crippen LogP contribution in [0.3, 0.4) is 0 Å². The molecule has 0 N–H and O–H groups in total. The summed E-state index contributed by atoms with van der Waals surface area (Å²) < 4.78 is 6.18. The maximum Gasteiger partial charge on any atom is 0.278 e. The molecule has 0 saturated heterocycles. The Morgan fingerprint density at radius 2 is 2.14 bits per heavy atom. The van der Waals surface area contributed by atoms with Gasteiger partial charge in [-0.05, 0) is 29.6 Å². The normalized spacial score (nSPS) is 20.9. The number of halogens is 1. The molecule has 1 aliphatic carbocycles. The minimum Gasteiger partial charge on any atom is -0.337 e. The van der Waals surface area contributed by atoms with E-state index in [1.165, 1.54) is 11.2 Å². The van der Waals surface area contributed by atoms with E-state index in [1.807, 2.05) is 24.3 Å². The summed E-state index contributed by atoms with van der Waals surface area (Å²) in [7, 11) is 0. The van der Waals surface area contributed by atoms with Crippen molar-refractivity contribution >= 4 is 34.1 Å². The minimum atomic E-state index is -0.443. The maximum absolute atomic E-state index is 12.5. The summed E-state index contributed by atoms with van der Waals surface area (Å²) in [6, 6.07) is 7.38. The zero-order valence-electron chi connectivity index (χ0n) is 11.6. The van der Waals surface area contributed by atoms with E-state index in [0.29, 0.717) is 18.2 Å². The highest BCUT2D eigenvalue weighted by molar-refractivity contribution is 9.10. The number of amides is 1. The van der Waals surface area contributed by atoms with E-state index in [2.05, 4.69) is 31.1 Å².